The zero-order chi connectivity index (χ0) is 22.2. The van der Waals surface area contributed by atoms with Crippen LogP contribution >= 0.6 is 0 Å². The predicted molar refractivity (Wildman–Crippen MR) is 115 cm³/mol. The summed E-state index contributed by atoms with van der Waals surface area (Å²) in [5.74, 6) is 1.21. The number of nitrogens with zero attached hydrogens (tertiary/aromatic N) is 2. The highest BCUT2D eigenvalue weighted by Gasteiger charge is 2.13. The third kappa shape index (κ3) is 5.00. The number of allylic oxidation sites excluding steroid dienone is 1. The lowest BCUT2D eigenvalue weighted by atomic mass is 10.0. The summed E-state index contributed by atoms with van der Waals surface area (Å²) in [6, 6.07) is 15.6. The van der Waals surface area contributed by atoms with E-state index in [2.05, 4.69) is 11.1 Å². The van der Waals surface area contributed by atoms with Gasteiger partial charge in [0.1, 0.15) is 0 Å². The first-order valence-electron chi connectivity index (χ1n) is 9.24. The third-order valence-corrected chi connectivity index (χ3v) is 4.43. The fourth-order valence-electron chi connectivity index (χ4n) is 2.86. The van der Waals surface area contributed by atoms with Crippen LogP contribution < -0.4 is 18.9 Å². The smallest absolute Gasteiger partial charge is 0.343 e. The summed E-state index contributed by atoms with van der Waals surface area (Å²) in [7, 11) is 4.56. The van der Waals surface area contributed by atoms with Gasteiger partial charge < -0.3 is 18.9 Å². The van der Waals surface area contributed by atoms with Gasteiger partial charge in [0.05, 0.1) is 38.5 Å². The number of methoxy groups -OCH3 is 3. The van der Waals surface area contributed by atoms with Crippen LogP contribution in [0.5, 0.6) is 23.0 Å². The molecule has 0 atom stereocenters. The van der Waals surface area contributed by atoms with Crippen LogP contribution in [0.4, 0.5) is 0 Å². The summed E-state index contributed by atoms with van der Waals surface area (Å²) >= 11 is 0. The zero-order valence-corrected chi connectivity index (χ0v) is 17.3. The van der Waals surface area contributed by atoms with Gasteiger partial charge in [0.25, 0.3) is 0 Å². The highest BCUT2D eigenvalue weighted by molar-refractivity contribution is 5.92. The van der Waals surface area contributed by atoms with E-state index >= 15 is 0 Å². The number of hydrogen-bond acceptors (Lipinski definition) is 7. The Balaban J connectivity index is 1.90. The van der Waals surface area contributed by atoms with Gasteiger partial charge in [0.15, 0.2) is 23.0 Å². The summed E-state index contributed by atoms with van der Waals surface area (Å²) in [5, 5.41) is 9.66. The van der Waals surface area contributed by atoms with Gasteiger partial charge in [0, 0.05) is 12.4 Å². The van der Waals surface area contributed by atoms with E-state index in [0.717, 1.165) is 0 Å². The quantitative estimate of drug-likeness (QED) is 0.244. The normalized spacial score (nSPS) is 10.7. The molecule has 0 aliphatic heterocycles. The van der Waals surface area contributed by atoms with Crippen molar-refractivity contribution in [1.29, 1.82) is 5.26 Å². The molecule has 0 saturated heterocycles. The van der Waals surface area contributed by atoms with Crippen molar-refractivity contribution in [3.63, 3.8) is 0 Å². The summed E-state index contributed by atoms with van der Waals surface area (Å²) in [6.45, 7) is 0. The maximum atomic E-state index is 12.3. The number of pyridine rings is 1. The summed E-state index contributed by atoms with van der Waals surface area (Å²) in [4.78, 5) is 16.2. The monoisotopic (exact) mass is 416 g/mol. The summed E-state index contributed by atoms with van der Waals surface area (Å²) < 4.78 is 21.4. The van der Waals surface area contributed by atoms with E-state index in [1.807, 2.05) is 0 Å². The SMILES string of the molecule is COc1ccc(/C(C#N)=C\c2ccc(OC(=O)c3ccncc3)c(OC)c2)cc1OC. The van der Waals surface area contributed by atoms with Crippen LogP contribution in [-0.4, -0.2) is 32.3 Å². The second-order valence-corrected chi connectivity index (χ2v) is 6.28. The number of hydrogen-bond donors (Lipinski definition) is 0. The van der Waals surface area contributed by atoms with Crippen molar-refractivity contribution in [2.45, 2.75) is 0 Å². The molecule has 3 aromatic rings. The lowest BCUT2D eigenvalue weighted by Gasteiger charge is -2.11. The molecule has 3 rings (SSSR count). The highest BCUT2D eigenvalue weighted by atomic mass is 16.6. The first-order valence-corrected chi connectivity index (χ1v) is 9.24. The Hall–Kier alpha value is -4.31. The van der Waals surface area contributed by atoms with Crippen LogP contribution in [0.25, 0.3) is 11.6 Å². The van der Waals surface area contributed by atoms with E-state index in [1.165, 1.54) is 26.6 Å². The highest BCUT2D eigenvalue weighted by Crippen LogP contribution is 2.33. The van der Waals surface area contributed by atoms with E-state index in [9.17, 15) is 10.1 Å². The van der Waals surface area contributed by atoms with Crippen LogP contribution in [-0.2, 0) is 0 Å². The molecule has 7 nitrogen and oxygen atoms in total. The summed E-state index contributed by atoms with van der Waals surface area (Å²) in [5.41, 5.74) is 2.17. The molecule has 0 aliphatic rings. The van der Waals surface area contributed by atoms with Gasteiger partial charge in [-0.25, -0.2) is 4.79 Å². The molecular formula is C24H20N2O5. The van der Waals surface area contributed by atoms with E-state index < -0.39 is 5.97 Å². The Kier molecular flexibility index (Phi) is 6.86. The molecular weight excluding hydrogens is 396 g/mol. The Bertz CT molecular complexity index is 1150. The van der Waals surface area contributed by atoms with Crippen LogP contribution in [0.3, 0.4) is 0 Å². The molecule has 0 fully saturated rings. The molecule has 1 aromatic heterocycles. The zero-order valence-electron chi connectivity index (χ0n) is 17.3. The van der Waals surface area contributed by atoms with Crippen molar-refractivity contribution >= 4 is 17.6 Å². The lowest BCUT2D eigenvalue weighted by molar-refractivity contribution is 0.0729. The topological polar surface area (TPSA) is 90.7 Å². The maximum Gasteiger partial charge on any atom is 0.343 e. The second kappa shape index (κ2) is 9.94. The van der Waals surface area contributed by atoms with Gasteiger partial charge in [0.2, 0.25) is 0 Å². The Labute approximate surface area is 180 Å². The van der Waals surface area contributed by atoms with Crippen molar-refractivity contribution < 1.29 is 23.7 Å². The first kappa shape index (κ1) is 21.4. The third-order valence-electron chi connectivity index (χ3n) is 4.43. The molecule has 2 aromatic carbocycles. The van der Waals surface area contributed by atoms with Crippen molar-refractivity contribution in [3.05, 3.63) is 77.6 Å². The van der Waals surface area contributed by atoms with Gasteiger partial charge >= 0.3 is 5.97 Å². The number of carbonyl (C=O) groups excluding carboxylic acids is 1. The molecule has 1 heterocycles. The Morgan fingerprint density at radius 2 is 1.48 bits per heavy atom. The molecule has 156 valence electrons. The molecule has 0 spiro atoms. The second-order valence-electron chi connectivity index (χ2n) is 6.28. The van der Waals surface area contributed by atoms with Gasteiger partial charge in [-0.1, -0.05) is 6.07 Å². The number of esters is 1. The number of aromatic nitrogens is 1. The molecule has 0 radical (unpaired) electrons. The molecule has 7 heteroatoms. The van der Waals surface area contributed by atoms with E-state index in [-0.39, 0.29) is 5.75 Å². The Morgan fingerprint density at radius 3 is 2.13 bits per heavy atom. The number of rotatable bonds is 7. The van der Waals surface area contributed by atoms with Crippen molar-refractivity contribution in [2.75, 3.05) is 21.3 Å². The maximum absolute atomic E-state index is 12.3. The fourth-order valence-corrected chi connectivity index (χ4v) is 2.86. The minimum atomic E-state index is -0.521. The molecule has 0 unspecified atom stereocenters. The number of benzene rings is 2. The van der Waals surface area contributed by atoms with Gasteiger partial charge in [-0.15, -0.1) is 0 Å². The minimum absolute atomic E-state index is 0.270. The van der Waals surface area contributed by atoms with Gasteiger partial charge in [-0.3, -0.25) is 4.98 Å². The molecule has 31 heavy (non-hydrogen) atoms. The predicted octanol–water partition coefficient (Wildman–Crippen LogP) is 4.39. The van der Waals surface area contributed by atoms with Gasteiger partial charge in [-0.05, 0) is 59.7 Å². The van der Waals surface area contributed by atoms with Crippen LogP contribution in [0.15, 0.2) is 60.9 Å². The van der Waals surface area contributed by atoms with Crippen molar-refractivity contribution in [2.24, 2.45) is 0 Å². The molecule has 0 saturated carbocycles. The van der Waals surface area contributed by atoms with E-state index in [0.29, 0.717) is 39.5 Å². The average Bonchev–Trinajstić information content (AvgIpc) is 2.83. The van der Waals surface area contributed by atoms with E-state index in [4.69, 9.17) is 18.9 Å². The summed E-state index contributed by atoms with van der Waals surface area (Å²) in [6.07, 6.45) is 4.73. The van der Waals surface area contributed by atoms with Crippen LogP contribution in [0.2, 0.25) is 0 Å². The standard InChI is InChI=1S/C24H20N2O5/c1-28-20-7-5-18(14-23(20)30-3)19(15-25)12-16-4-6-21(22(13-16)29-2)31-24(27)17-8-10-26-11-9-17/h4-14H,1-3H3/b19-12-. The lowest BCUT2D eigenvalue weighted by Crippen LogP contribution is -2.09. The Morgan fingerprint density at radius 1 is 0.839 bits per heavy atom. The fraction of sp³-hybridized carbons (Fsp3) is 0.125. The number of nitriles is 1. The number of ether oxygens (including phenoxy) is 4. The van der Waals surface area contributed by atoms with Crippen LogP contribution in [0, 0.1) is 11.3 Å². The first-order chi connectivity index (χ1) is 15.1. The van der Waals surface area contributed by atoms with Gasteiger partial charge in [-0.2, -0.15) is 5.26 Å². The van der Waals surface area contributed by atoms with Crippen LogP contribution in [0.1, 0.15) is 21.5 Å². The molecule has 0 N–H and O–H groups in total. The number of carbonyl (C=O) groups is 1. The molecule has 0 amide bonds. The largest absolute Gasteiger partial charge is 0.493 e. The molecule has 0 aliphatic carbocycles. The van der Waals surface area contributed by atoms with Crippen molar-refractivity contribution in [3.8, 4) is 29.1 Å². The minimum Gasteiger partial charge on any atom is -0.493 e. The van der Waals surface area contributed by atoms with Crippen molar-refractivity contribution in [1.82, 2.24) is 4.98 Å². The van der Waals surface area contributed by atoms with E-state index in [1.54, 1.807) is 61.7 Å². The average molecular weight is 416 g/mol. The molecule has 0 bridgehead atoms.